The van der Waals surface area contributed by atoms with Gasteiger partial charge < -0.3 is 8.97 Å². The van der Waals surface area contributed by atoms with E-state index in [1.165, 1.54) is 5.69 Å². The highest BCUT2D eigenvalue weighted by atomic mass is 28.3. The van der Waals surface area contributed by atoms with Crippen molar-refractivity contribution >= 4 is 8.24 Å². The number of nitrogens with zero attached hydrogens (tertiary/aromatic N) is 2. The first-order valence-corrected chi connectivity index (χ1v) is 11.0. The van der Waals surface area contributed by atoms with Gasteiger partial charge in [0, 0.05) is 25.3 Å². The van der Waals surface area contributed by atoms with Crippen molar-refractivity contribution in [2.45, 2.75) is 64.7 Å². The third-order valence-electron chi connectivity index (χ3n) is 5.51. The summed E-state index contributed by atoms with van der Waals surface area (Å²) >= 11 is 0. The fourth-order valence-corrected chi connectivity index (χ4v) is 11.4. The zero-order valence-electron chi connectivity index (χ0n) is 15.3. The van der Waals surface area contributed by atoms with Crippen LogP contribution in [-0.2, 0) is 11.3 Å². The molecule has 1 saturated heterocycles. The van der Waals surface area contributed by atoms with Crippen LogP contribution in [0.2, 0.25) is 16.6 Å². The average Bonchev–Trinajstić information content (AvgIpc) is 2.88. The average molecular weight is 323 g/mol. The van der Waals surface area contributed by atoms with E-state index in [2.05, 4.69) is 69.0 Å². The Morgan fingerprint density at radius 2 is 1.55 bits per heavy atom. The molecule has 2 rings (SSSR count). The van der Waals surface area contributed by atoms with Gasteiger partial charge in [-0.15, -0.1) is 0 Å². The van der Waals surface area contributed by atoms with Crippen molar-refractivity contribution in [3.63, 3.8) is 0 Å². The standard InChI is InChI=1S/C18H34N2OSi/c1-15(2)22(16(3)4,17(5)6)20-9-7-8-18(20)14-19-10-12-21-13-11-19/h7-9,15-17H,10-14H2,1-6H3. The number of rotatable bonds is 6. The van der Waals surface area contributed by atoms with Gasteiger partial charge in [-0.3, -0.25) is 4.90 Å². The normalized spacial score (nSPS) is 17.9. The first-order chi connectivity index (χ1) is 10.4. The Morgan fingerprint density at radius 3 is 2.05 bits per heavy atom. The number of aromatic nitrogens is 1. The van der Waals surface area contributed by atoms with Gasteiger partial charge in [0.05, 0.1) is 13.2 Å². The minimum absolute atomic E-state index is 0.739. The number of ether oxygens (including phenoxy) is 1. The lowest BCUT2D eigenvalue weighted by atomic mass is 10.3. The van der Waals surface area contributed by atoms with Crippen LogP contribution in [0, 0.1) is 0 Å². The molecule has 126 valence electrons. The molecule has 0 radical (unpaired) electrons. The SMILES string of the molecule is CC(C)[Si](C(C)C)(C(C)C)n1cccc1CN1CCOCC1. The van der Waals surface area contributed by atoms with Crippen LogP contribution in [0.4, 0.5) is 0 Å². The molecular formula is C18H34N2OSi. The van der Waals surface area contributed by atoms with Crippen molar-refractivity contribution in [2.24, 2.45) is 0 Å². The summed E-state index contributed by atoms with van der Waals surface area (Å²) in [5, 5.41) is 0. The zero-order chi connectivity index (χ0) is 16.3. The summed E-state index contributed by atoms with van der Waals surface area (Å²) in [6.07, 6.45) is 2.36. The Morgan fingerprint density at radius 1 is 1.00 bits per heavy atom. The molecule has 0 bridgehead atoms. The zero-order valence-corrected chi connectivity index (χ0v) is 16.3. The van der Waals surface area contributed by atoms with Crippen molar-refractivity contribution in [1.29, 1.82) is 0 Å². The van der Waals surface area contributed by atoms with E-state index >= 15 is 0 Å². The van der Waals surface area contributed by atoms with Crippen LogP contribution in [0.15, 0.2) is 18.3 Å². The highest BCUT2D eigenvalue weighted by molar-refractivity contribution is 6.82. The van der Waals surface area contributed by atoms with Crippen molar-refractivity contribution in [3.8, 4) is 0 Å². The van der Waals surface area contributed by atoms with Gasteiger partial charge in [0.25, 0.3) is 0 Å². The Balaban J connectivity index is 2.35. The van der Waals surface area contributed by atoms with E-state index in [9.17, 15) is 0 Å². The first kappa shape index (κ1) is 17.8. The summed E-state index contributed by atoms with van der Waals surface area (Å²) in [4.78, 5) is 2.54. The molecule has 0 amide bonds. The van der Waals surface area contributed by atoms with Crippen molar-refractivity contribution < 1.29 is 4.74 Å². The highest BCUT2D eigenvalue weighted by Gasteiger charge is 2.45. The Bertz CT molecular complexity index is 440. The van der Waals surface area contributed by atoms with E-state index in [0.29, 0.717) is 0 Å². The topological polar surface area (TPSA) is 17.4 Å². The molecule has 1 aliphatic rings. The molecule has 1 aromatic heterocycles. The smallest absolute Gasteiger partial charge is 0.169 e. The van der Waals surface area contributed by atoms with E-state index in [0.717, 1.165) is 49.5 Å². The monoisotopic (exact) mass is 322 g/mol. The second-order valence-corrected chi connectivity index (χ2v) is 13.3. The quantitative estimate of drug-likeness (QED) is 0.725. The van der Waals surface area contributed by atoms with Gasteiger partial charge in [-0.2, -0.15) is 0 Å². The molecule has 0 aliphatic carbocycles. The van der Waals surface area contributed by atoms with Gasteiger partial charge in [-0.05, 0) is 35.0 Å². The van der Waals surface area contributed by atoms with E-state index in [1.807, 2.05) is 0 Å². The molecule has 0 spiro atoms. The van der Waals surface area contributed by atoms with Gasteiger partial charge in [-0.25, -0.2) is 0 Å². The summed E-state index contributed by atoms with van der Waals surface area (Å²) < 4.78 is 8.22. The second kappa shape index (κ2) is 7.32. The van der Waals surface area contributed by atoms with Crippen LogP contribution in [-0.4, -0.2) is 43.7 Å². The van der Waals surface area contributed by atoms with Crippen LogP contribution >= 0.6 is 0 Å². The molecule has 3 nitrogen and oxygen atoms in total. The maximum absolute atomic E-state index is 5.49. The fraction of sp³-hybridized carbons (Fsp3) is 0.778. The largest absolute Gasteiger partial charge is 0.379 e. The van der Waals surface area contributed by atoms with Gasteiger partial charge in [0.1, 0.15) is 0 Å². The van der Waals surface area contributed by atoms with Crippen LogP contribution in [0.25, 0.3) is 0 Å². The fourth-order valence-electron chi connectivity index (χ4n) is 4.75. The van der Waals surface area contributed by atoms with E-state index in [4.69, 9.17) is 4.74 Å². The van der Waals surface area contributed by atoms with Crippen LogP contribution in [0.5, 0.6) is 0 Å². The molecule has 2 heterocycles. The molecule has 0 unspecified atom stereocenters. The van der Waals surface area contributed by atoms with Crippen LogP contribution in [0.3, 0.4) is 0 Å². The predicted octanol–water partition coefficient (Wildman–Crippen LogP) is 4.34. The third-order valence-corrected chi connectivity index (χ3v) is 12.3. The number of morpholine rings is 1. The van der Waals surface area contributed by atoms with Crippen molar-refractivity contribution in [1.82, 2.24) is 9.13 Å². The molecule has 0 atom stereocenters. The maximum atomic E-state index is 5.49. The predicted molar refractivity (Wildman–Crippen MR) is 97.0 cm³/mol. The summed E-state index contributed by atoms with van der Waals surface area (Å²) in [5.41, 5.74) is 3.72. The molecule has 0 N–H and O–H groups in total. The maximum Gasteiger partial charge on any atom is 0.169 e. The molecule has 22 heavy (non-hydrogen) atoms. The summed E-state index contributed by atoms with van der Waals surface area (Å²) in [5.74, 6) is 0. The van der Waals surface area contributed by atoms with Crippen molar-refractivity contribution in [2.75, 3.05) is 26.3 Å². The number of hydrogen-bond donors (Lipinski definition) is 0. The lowest BCUT2D eigenvalue weighted by molar-refractivity contribution is 0.0335. The summed E-state index contributed by atoms with van der Waals surface area (Å²) in [7, 11) is -1.62. The van der Waals surface area contributed by atoms with E-state index in [-0.39, 0.29) is 0 Å². The minimum atomic E-state index is -1.62. The van der Waals surface area contributed by atoms with Gasteiger partial charge >= 0.3 is 0 Å². The molecule has 4 heteroatoms. The van der Waals surface area contributed by atoms with Crippen LogP contribution < -0.4 is 0 Å². The van der Waals surface area contributed by atoms with Crippen LogP contribution in [0.1, 0.15) is 47.2 Å². The molecule has 1 aliphatic heterocycles. The number of hydrogen-bond acceptors (Lipinski definition) is 2. The lowest BCUT2D eigenvalue weighted by Crippen LogP contribution is -2.53. The summed E-state index contributed by atoms with van der Waals surface area (Å²) in [6, 6.07) is 4.59. The Labute approximate surface area is 137 Å². The molecule has 0 aromatic carbocycles. The lowest BCUT2D eigenvalue weighted by Gasteiger charge is -2.45. The highest BCUT2D eigenvalue weighted by Crippen LogP contribution is 2.43. The Kier molecular flexibility index (Phi) is 5.92. The van der Waals surface area contributed by atoms with Crippen molar-refractivity contribution in [3.05, 3.63) is 24.0 Å². The minimum Gasteiger partial charge on any atom is -0.379 e. The second-order valence-electron chi connectivity index (χ2n) is 7.61. The van der Waals surface area contributed by atoms with E-state index in [1.54, 1.807) is 0 Å². The van der Waals surface area contributed by atoms with Gasteiger partial charge in [0.2, 0.25) is 0 Å². The van der Waals surface area contributed by atoms with Gasteiger partial charge in [-0.1, -0.05) is 41.5 Å². The molecular weight excluding hydrogens is 288 g/mol. The Hall–Kier alpha value is -0.583. The molecule has 0 saturated carbocycles. The van der Waals surface area contributed by atoms with Gasteiger partial charge in [0.15, 0.2) is 8.24 Å². The molecule has 1 aromatic rings. The first-order valence-electron chi connectivity index (χ1n) is 8.87. The third kappa shape index (κ3) is 3.19. The summed E-state index contributed by atoms with van der Waals surface area (Å²) in [6.45, 7) is 19.6. The molecule has 1 fully saturated rings. The van der Waals surface area contributed by atoms with E-state index < -0.39 is 8.24 Å².